The highest BCUT2D eigenvalue weighted by Crippen LogP contribution is 1.98. The summed E-state index contributed by atoms with van der Waals surface area (Å²) in [6.07, 6.45) is 1.04. The zero-order chi connectivity index (χ0) is 6.78. The molecule has 0 aliphatic rings. The summed E-state index contributed by atoms with van der Waals surface area (Å²) in [6, 6.07) is 0. The van der Waals surface area contributed by atoms with E-state index in [1.165, 1.54) is 7.11 Å². The molecule has 0 aromatic rings. The van der Waals surface area contributed by atoms with Crippen molar-refractivity contribution in [2.24, 2.45) is 0 Å². The Bertz CT molecular complexity index is 177. The molecular formula is C4H8O3S. The number of hydrogen-bond acceptors (Lipinski definition) is 3. The third-order valence-electron chi connectivity index (χ3n) is 0.641. The normalized spacial score (nSPS) is 10.8. The van der Waals surface area contributed by atoms with Crippen LogP contribution in [0.25, 0.3) is 0 Å². The van der Waals surface area contributed by atoms with E-state index in [4.69, 9.17) is 0 Å². The minimum absolute atomic E-state index is 0.197. The third kappa shape index (κ3) is 1.97. The monoisotopic (exact) mass is 136 g/mol. The highest BCUT2D eigenvalue weighted by molar-refractivity contribution is 7.94. The van der Waals surface area contributed by atoms with E-state index in [9.17, 15) is 8.42 Å². The van der Waals surface area contributed by atoms with E-state index >= 15 is 0 Å². The van der Waals surface area contributed by atoms with Crippen molar-refractivity contribution in [3.05, 3.63) is 11.7 Å². The molecule has 3 nitrogen and oxygen atoms in total. The predicted octanol–water partition coefficient (Wildman–Crippen LogP) is 0.149. The highest BCUT2D eigenvalue weighted by atomic mass is 32.2. The molecule has 8 heavy (non-hydrogen) atoms. The molecule has 0 amide bonds. The van der Waals surface area contributed by atoms with Gasteiger partial charge < -0.3 is 4.74 Å². The Morgan fingerprint density at radius 2 is 2.00 bits per heavy atom. The average molecular weight is 136 g/mol. The largest absolute Gasteiger partial charge is 0.487 e. The first-order valence-electron chi connectivity index (χ1n) is 1.91. The quantitative estimate of drug-likeness (QED) is 0.507. The molecule has 0 aliphatic heterocycles. The van der Waals surface area contributed by atoms with Crippen molar-refractivity contribution in [2.45, 2.75) is 0 Å². The van der Waals surface area contributed by atoms with E-state index in [2.05, 4.69) is 11.3 Å². The maximum Gasteiger partial charge on any atom is 0.207 e. The Balaban J connectivity index is 4.29. The van der Waals surface area contributed by atoms with Gasteiger partial charge in [0.25, 0.3) is 0 Å². The highest BCUT2D eigenvalue weighted by Gasteiger charge is 2.05. The zero-order valence-corrected chi connectivity index (χ0v) is 5.66. The summed E-state index contributed by atoms with van der Waals surface area (Å²) in [7, 11) is -1.90. The van der Waals surface area contributed by atoms with E-state index < -0.39 is 9.84 Å². The lowest BCUT2D eigenvalue weighted by Crippen LogP contribution is -2.00. The van der Waals surface area contributed by atoms with Crippen molar-refractivity contribution in [1.82, 2.24) is 0 Å². The van der Waals surface area contributed by atoms with Gasteiger partial charge in [0.2, 0.25) is 14.9 Å². The molecule has 0 radical (unpaired) electrons. The van der Waals surface area contributed by atoms with Gasteiger partial charge >= 0.3 is 0 Å². The van der Waals surface area contributed by atoms with Crippen LogP contribution in [0.1, 0.15) is 0 Å². The van der Waals surface area contributed by atoms with Crippen molar-refractivity contribution < 1.29 is 13.2 Å². The van der Waals surface area contributed by atoms with Crippen molar-refractivity contribution in [2.75, 3.05) is 13.4 Å². The van der Waals surface area contributed by atoms with Gasteiger partial charge in [-0.3, -0.25) is 0 Å². The first kappa shape index (κ1) is 7.49. The Morgan fingerprint density at radius 3 is 2.00 bits per heavy atom. The Kier molecular flexibility index (Phi) is 2.03. The lowest BCUT2D eigenvalue weighted by atomic mass is 11.1. The summed E-state index contributed by atoms with van der Waals surface area (Å²) in [5.41, 5.74) is 0. The van der Waals surface area contributed by atoms with Gasteiger partial charge in [-0.2, -0.15) is 0 Å². The van der Waals surface area contributed by atoms with Gasteiger partial charge in [0, 0.05) is 6.26 Å². The smallest absolute Gasteiger partial charge is 0.207 e. The molecule has 0 saturated carbocycles. The Labute approximate surface area is 48.9 Å². The molecule has 0 saturated heterocycles. The number of rotatable bonds is 2. The van der Waals surface area contributed by atoms with E-state index in [1.54, 1.807) is 0 Å². The van der Waals surface area contributed by atoms with Crippen LogP contribution in [0.3, 0.4) is 0 Å². The summed E-state index contributed by atoms with van der Waals surface area (Å²) in [5.74, 6) is 0. The van der Waals surface area contributed by atoms with Crippen molar-refractivity contribution >= 4 is 9.84 Å². The predicted molar refractivity (Wildman–Crippen MR) is 31.0 cm³/mol. The van der Waals surface area contributed by atoms with Crippen LogP contribution in [-0.2, 0) is 14.6 Å². The summed E-state index contributed by atoms with van der Waals surface area (Å²) < 4.78 is 25.0. The lowest BCUT2D eigenvalue weighted by molar-refractivity contribution is 0.319. The van der Waals surface area contributed by atoms with Crippen LogP contribution in [0.15, 0.2) is 11.7 Å². The fraction of sp³-hybridized carbons (Fsp3) is 0.500. The molecule has 0 rings (SSSR count). The topological polar surface area (TPSA) is 43.4 Å². The van der Waals surface area contributed by atoms with Gasteiger partial charge in [-0.05, 0) is 6.58 Å². The van der Waals surface area contributed by atoms with Crippen LogP contribution in [-0.4, -0.2) is 21.8 Å². The first-order valence-corrected chi connectivity index (χ1v) is 3.80. The maximum atomic E-state index is 10.3. The molecule has 0 N–H and O–H groups in total. The molecule has 0 aromatic heterocycles. The second-order valence-electron chi connectivity index (χ2n) is 1.35. The maximum absolute atomic E-state index is 10.3. The standard InChI is InChI=1S/C4H8O3S/c1-4(7-2)8(3,5)6/h1H2,2-3H3. The van der Waals surface area contributed by atoms with Crippen LogP contribution in [0.4, 0.5) is 0 Å². The van der Waals surface area contributed by atoms with Crippen molar-refractivity contribution in [1.29, 1.82) is 0 Å². The lowest BCUT2D eigenvalue weighted by Gasteiger charge is -1.97. The Hall–Kier alpha value is -0.510. The molecule has 0 unspecified atom stereocenters. The average Bonchev–Trinajstić information content (AvgIpc) is 1.62. The minimum atomic E-state index is -3.17. The SMILES string of the molecule is C=C(OC)S(C)(=O)=O. The summed E-state index contributed by atoms with van der Waals surface area (Å²) in [5, 5.41) is -0.197. The molecule has 0 aliphatic carbocycles. The number of ether oxygens (including phenoxy) is 1. The van der Waals surface area contributed by atoms with Gasteiger partial charge in [0.05, 0.1) is 7.11 Å². The number of sulfone groups is 1. The van der Waals surface area contributed by atoms with Crippen LogP contribution in [0.2, 0.25) is 0 Å². The molecular weight excluding hydrogens is 128 g/mol. The molecule has 0 atom stereocenters. The summed E-state index contributed by atoms with van der Waals surface area (Å²) >= 11 is 0. The summed E-state index contributed by atoms with van der Waals surface area (Å²) in [6.45, 7) is 3.13. The Morgan fingerprint density at radius 1 is 1.62 bits per heavy atom. The molecule has 0 aromatic carbocycles. The molecule has 0 heterocycles. The number of methoxy groups -OCH3 is 1. The van der Waals surface area contributed by atoms with E-state index in [1.807, 2.05) is 0 Å². The fourth-order valence-electron chi connectivity index (χ4n) is 0.151. The first-order chi connectivity index (χ1) is 3.48. The van der Waals surface area contributed by atoms with E-state index in [0.29, 0.717) is 0 Å². The number of hydrogen-bond donors (Lipinski definition) is 0. The molecule has 0 bridgehead atoms. The molecule has 4 heteroatoms. The molecule has 48 valence electrons. The van der Waals surface area contributed by atoms with Gasteiger partial charge in [0.1, 0.15) is 0 Å². The van der Waals surface area contributed by atoms with Crippen LogP contribution in [0, 0.1) is 0 Å². The van der Waals surface area contributed by atoms with E-state index in [-0.39, 0.29) is 5.09 Å². The van der Waals surface area contributed by atoms with Gasteiger partial charge in [0.15, 0.2) is 0 Å². The second-order valence-corrected chi connectivity index (χ2v) is 3.35. The van der Waals surface area contributed by atoms with Gasteiger partial charge in [-0.1, -0.05) is 0 Å². The zero-order valence-electron chi connectivity index (χ0n) is 4.84. The fourth-order valence-corrected chi connectivity index (χ4v) is 0.454. The molecule has 0 fully saturated rings. The van der Waals surface area contributed by atoms with Crippen LogP contribution < -0.4 is 0 Å². The molecule has 0 spiro atoms. The van der Waals surface area contributed by atoms with Gasteiger partial charge in [-0.25, -0.2) is 8.42 Å². The third-order valence-corrected chi connectivity index (χ3v) is 1.64. The van der Waals surface area contributed by atoms with Crippen LogP contribution in [0.5, 0.6) is 0 Å². The minimum Gasteiger partial charge on any atom is -0.487 e. The van der Waals surface area contributed by atoms with Crippen LogP contribution >= 0.6 is 0 Å². The summed E-state index contributed by atoms with van der Waals surface area (Å²) in [4.78, 5) is 0. The van der Waals surface area contributed by atoms with Crippen molar-refractivity contribution in [3.8, 4) is 0 Å². The van der Waals surface area contributed by atoms with E-state index in [0.717, 1.165) is 6.26 Å². The van der Waals surface area contributed by atoms with Crippen molar-refractivity contribution in [3.63, 3.8) is 0 Å². The second kappa shape index (κ2) is 2.17. The van der Waals surface area contributed by atoms with Gasteiger partial charge in [-0.15, -0.1) is 0 Å².